The highest BCUT2D eigenvalue weighted by Gasteiger charge is 2.33. The number of amides is 1. The van der Waals surface area contributed by atoms with Crippen molar-refractivity contribution in [3.8, 4) is 5.75 Å². The SMILES string of the molecule is COc1ccc(NC(=O)C[C@H]2C(=O)OCCN2Cc2ccccc2)cc1. The summed E-state index contributed by atoms with van der Waals surface area (Å²) in [6.07, 6.45) is 0.0533. The summed E-state index contributed by atoms with van der Waals surface area (Å²) in [6, 6.07) is 16.4. The van der Waals surface area contributed by atoms with E-state index in [0.29, 0.717) is 31.1 Å². The number of nitrogens with zero attached hydrogens (tertiary/aromatic N) is 1. The molecule has 0 unspecified atom stereocenters. The molecule has 0 saturated carbocycles. The molecule has 0 spiro atoms. The number of carbonyl (C=O) groups excluding carboxylic acids is 2. The molecule has 1 aliphatic rings. The minimum atomic E-state index is -0.581. The first-order valence-corrected chi connectivity index (χ1v) is 8.54. The number of ether oxygens (including phenoxy) is 2. The van der Waals surface area contributed by atoms with E-state index in [2.05, 4.69) is 5.32 Å². The number of hydrogen-bond acceptors (Lipinski definition) is 5. The topological polar surface area (TPSA) is 67.9 Å². The van der Waals surface area contributed by atoms with Gasteiger partial charge < -0.3 is 14.8 Å². The lowest BCUT2D eigenvalue weighted by atomic mass is 10.1. The van der Waals surface area contributed by atoms with E-state index in [-0.39, 0.29) is 18.3 Å². The van der Waals surface area contributed by atoms with Crippen LogP contribution in [-0.2, 0) is 20.9 Å². The van der Waals surface area contributed by atoms with Gasteiger partial charge in [0.15, 0.2) is 0 Å². The zero-order valence-corrected chi connectivity index (χ0v) is 14.7. The van der Waals surface area contributed by atoms with Crippen molar-refractivity contribution in [3.05, 3.63) is 60.2 Å². The molecule has 136 valence electrons. The normalized spacial score (nSPS) is 17.4. The predicted molar refractivity (Wildman–Crippen MR) is 97.8 cm³/mol. The van der Waals surface area contributed by atoms with Crippen LogP contribution in [0.25, 0.3) is 0 Å². The smallest absolute Gasteiger partial charge is 0.323 e. The Morgan fingerprint density at radius 2 is 1.92 bits per heavy atom. The van der Waals surface area contributed by atoms with Gasteiger partial charge in [-0.1, -0.05) is 30.3 Å². The van der Waals surface area contributed by atoms with Gasteiger partial charge in [-0.2, -0.15) is 0 Å². The van der Waals surface area contributed by atoms with Gasteiger partial charge in [-0.15, -0.1) is 0 Å². The van der Waals surface area contributed by atoms with Gasteiger partial charge in [0.05, 0.1) is 13.5 Å². The van der Waals surface area contributed by atoms with Crippen LogP contribution in [0.15, 0.2) is 54.6 Å². The van der Waals surface area contributed by atoms with Crippen molar-refractivity contribution in [3.63, 3.8) is 0 Å². The predicted octanol–water partition coefficient (Wildman–Crippen LogP) is 2.45. The zero-order chi connectivity index (χ0) is 18.4. The number of cyclic esters (lactones) is 1. The summed E-state index contributed by atoms with van der Waals surface area (Å²) < 4.78 is 10.3. The number of morpholine rings is 1. The van der Waals surface area contributed by atoms with Gasteiger partial charge >= 0.3 is 5.97 Å². The van der Waals surface area contributed by atoms with Gasteiger partial charge in [0, 0.05) is 18.8 Å². The Bertz CT molecular complexity index is 746. The molecule has 2 aromatic rings. The molecule has 1 N–H and O–H groups in total. The third kappa shape index (κ3) is 4.61. The van der Waals surface area contributed by atoms with Crippen molar-refractivity contribution in [1.82, 2.24) is 4.90 Å². The van der Waals surface area contributed by atoms with Crippen LogP contribution < -0.4 is 10.1 Å². The van der Waals surface area contributed by atoms with Crippen molar-refractivity contribution in [1.29, 1.82) is 0 Å². The van der Waals surface area contributed by atoms with Crippen LogP contribution in [-0.4, -0.2) is 43.1 Å². The second-order valence-electron chi connectivity index (χ2n) is 6.12. The fourth-order valence-corrected chi connectivity index (χ4v) is 2.95. The number of rotatable bonds is 6. The van der Waals surface area contributed by atoms with E-state index in [4.69, 9.17) is 9.47 Å². The standard InChI is InChI=1S/C20H22N2O4/c1-25-17-9-7-16(8-10-17)21-19(23)13-18-20(24)26-12-11-22(18)14-15-5-3-2-4-6-15/h2-10,18H,11-14H2,1H3,(H,21,23)/t18-/m0/s1. The molecular weight excluding hydrogens is 332 g/mol. The molecule has 1 atom stereocenters. The number of esters is 1. The van der Waals surface area contributed by atoms with Crippen LogP contribution in [0, 0.1) is 0 Å². The Balaban J connectivity index is 1.63. The molecule has 6 heteroatoms. The van der Waals surface area contributed by atoms with E-state index in [1.807, 2.05) is 35.2 Å². The lowest BCUT2D eigenvalue weighted by Gasteiger charge is -2.33. The Morgan fingerprint density at radius 3 is 2.62 bits per heavy atom. The molecule has 1 heterocycles. The molecule has 0 aromatic heterocycles. The molecule has 0 bridgehead atoms. The average Bonchev–Trinajstić information content (AvgIpc) is 2.66. The number of hydrogen-bond donors (Lipinski definition) is 1. The maximum absolute atomic E-state index is 12.4. The summed E-state index contributed by atoms with van der Waals surface area (Å²) in [5, 5.41) is 2.82. The molecular formula is C20H22N2O4. The second kappa shape index (κ2) is 8.49. The third-order valence-electron chi connectivity index (χ3n) is 4.32. The molecule has 6 nitrogen and oxygen atoms in total. The lowest BCUT2D eigenvalue weighted by Crippen LogP contribution is -2.49. The first-order valence-electron chi connectivity index (χ1n) is 8.54. The van der Waals surface area contributed by atoms with Crippen LogP contribution >= 0.6 is 0 Å². The van der Waals surface area contributed by atoms with Crippen LogP contribution in [0.5, 0.6) is 5.75 Å². The molecule has 3 rings (SSSR count). The number of carbonyl (C=O) groups is 2. The van der Waals surface area contributed by atoms with Gasteiger partial charge in [0.1, 0.15) is 18.4 Å². The Kier molecular flexibility index (Phi) is 5.86. The van der Waals surface area contributed by atoms with Crippen molar-refractivity contribution in [2.45, 2.75) is 19.0 Å². The average molecular weight is 354 g/mol. The molecule has 1 aliphatic heterocycles. The highest BCUT2D eigenvalue weighted by atomic mass is 16.5. The van der Waals surface area contributed by atoms with E-state index < -0.39 is 6.04 Å². The Labute approximate surface area is 152 Å². The second-order valence-corrected chi connectivity index (χ2v) is 6.12. The Morgan fingerprint density at radius 1 is 1.19 bits per heavy atom. The van der Waals surface area contributed by atoms with Gasteiger partial charge in [-0.05, 0) is 29.8 Å². The van der Waals surface area contributed by atoms with Crippen molar-refractivity contribution in [2.24, 2.45) is 0 Å². The highest BCUT2D eigenvalue weighted by Crippen LogP contribution is 2.18. The van der Waals surface area contributed by atoms with Crippen molar-refractivity contribution < 1.29 is 19.1 Å². The first-order chi connectivity index (χ1) is 12.7. The van der Waals surface area contributed by atoms with Gasteiger partial charge in [0.2, 0.25) is 5.91 Å². The molecule has 1 amide bonds. The van der Waals surface area contributed by atoms with E-state index in [1.165, 1.54) is 0 Å². The molecule has 0 aliphatic carbocycles. The van der Waals surface area contributed by atoms with Crippen molar-refractivity contribution in [2.75, 3.05) is 25.6 Å². The van der Waals surface area contributed by atoms with E-state index >= 15 is 0 Å². The highest BCUT2D eigenvalue weighted by molar-refractivity contribution is 5.94. The third-order valence-corrected chi connectivity index (χ3v) is 4.32. The minimum absolute atomic E-state index is 0.0533. The molecule has 0 radical (unpaired) electrons. The van der Waals surface area contributed by atoms with Crippen LogP contribution in [0.2, 0.25) is 0 Å². The summed E-state index contributed by atoms with van der Waals surface area (Å²) in [6.45, 7) is 1.57. The quantitative estimate of drug-likeness (QED) is 0.807. The number of methoxy groups -OCH3 is 1. The molecule has 26 heavy (non-hydrogen) atoms. The minimum Gasteiger partial charge on any atom is -0.497 e. The van der Waals surface area contributed by atoms with Crippen LogP contribution in [0.4, 0.5) is 5.69 Å². The maximum Gasteiger partial charge on any atom is 0.323 e. The van der Waals surface area contributed by atoms with E-state index in [9.17, 15) is 9.59 Å². The molecule has 1 saturated heterocycles. The molecule has 1 fully saturated rings. The zero-order valence-electron chi connectivity index (χ0n) is 14.7. The fourth-order valence-electron chi connectivity index (χ4n) is 2.95. The summed E-state index contributed by atoms with van der Waals surface area (Å²) in [5.41, 5.74) is 1.76. The molecule has 2 aromatic carbocycles. The summed E-state index contributed by atoms with van der Waals surface area (Å²) in [7, 11) is 1.59. The summed E-state index contributed by atoms with van der Waals surface area (Å²) in [4.78, 5) is 26.6. The maximum atomic E-state index is 12.4. The largest absolute Gasteiger partial charge is 0.497 e. The van der Waals surface area contributed by atoms with Gasteiger partial charge in [0.25, 0.3) is 0 Å². The van der Waals surface area contributed by atoms with Gasteiger partial charge in [-0.25, -0.2) is 0 Å². The van der Waals surface area contributed by atoms with Crippen LogP contribution in [0.3, 0.4) is 0 Å². The van der Waals surface area contributed by atoms with E-state index in [0.717, 1.165) is 5.56 Å². The lowest BCUT2D eigenvalue weighted by molar-refractivity contribution is -0.159. The summed E-state index contributed by atoms with van der Waals surface area (Å²) >= 11 is 0. The Hall–Kier alpha value is -2.86. The van der Waals surface area contributed by atoms with Gasteiger partial charge in [-0.3, -0.25) is 14.5 Å². The first kappa shape index (κ1) is 17.9. The monoisotopic (exact) mass is 354 g/mol. The van der Waals surface area contributed by atoms with Crippen molar-refractivity contribution >= 4 is 17.6 Å². The number of benzene rings is 2. The number of anilines is 1. The number of nitrogens with one attached hydrogen (secondary N) is 1. The van der Waals surface area contributed by atoms with Crippen LogP contribution in [0.1, 0.15) is 12.0 Å². The summed E-state index contributed by atoms with van der Waals surface area (Å²) in [5.74, 6) is 0.141. The fraction of sp³-hybridized carbons (Fsp3) is 0.300. The van der Waals surface area contributed by atoms with E-state index in [1.54, 1.807) is 31.4 Å².